The minimum absolute atomic E-state index is 0.100. The van der Waals surface area contributed by atoms with E-state index in [0.717, 1.165) is 23.2 Å². The average Bonchev–Trinajstić information content (AvgIpc) is 3.27. The molecule has 4 rings (SSSR count). The number of aromatic nitrogens is 3. The molecule has 0 atom stereocenters. The predicted octanol–water partition coefficient (Wildman–Crippen LogP) is 4.29. The van der Waals surface area contributed by atoms with Crippen LogP contribution < -0.4 is 5.32 Å². The standard InChI is InChI=1S/C19H15F3N4O2S/c1-29-10-13-12-4-2-3-5-14(12)28-17(13)18(27)23-8-16-25-24-15-7-6-11(9-26(15)16)19(20,21)22/h2-7,9H,8,10H2,1H3,(H,23,27). The van der Waals surface area contributed by atoms with E-state index in [-0.39, 0.29) is 23.8 Å². The Hall–Kier alpha value is -3.01. The van der Waals surface area contributed by atoms with Crippen LogP contribution in [0, 0.1) is 0 Å². The molecule has 0 aliphatic heterocycles. The number of rotatable bonds is 5. The number of carbonyl (C=O) groups is 1. The molecule has 0 aliphatic rings. The monoisotopic (exact) mass is 420 g/mol. The number of fused-ring (bicyclic) bond motifs is 2. The van der Waals surface area contributed by atoms with Gasteiger partial charge >= 0.3 is 6.18 Å². The Morgan fingerprint density at radius 1 is 1.21 bits per heavy atom. The van der Waals surface area contributed by atoms with Gasteiger partial charge in [0, 0.05) is 22.9 Å². The van der Waals surface area contributed by atoms with Gasteiger partial charge in [-0.3, -0.25) is 9.20 Å². The van der Waals surface area contributed by atoms with Crippen LogP contribution in [-0.2, 0) is 18.5 Å². The molecule has 0 spiro atoms. The topological polar surface area (TPSA) is 72.4 Å². The second-order valence-corrected chi connectivity index (χ2v) is 7.15. The van der Waals surface area contributed by atoms with Gasteiger partial charge in [0.05, 0.1) is 12.1 Å². The minimum atomic E-state index is -4.49. The highest BCUT2D eigenvalue weighted by Gasteiger charge is 2.31. The van der Waals surface area contributed by atoms with Crippen LogP contribution in [0.4, 0.5) is 13.2 Å². The number of pyridine rings is 1. The van der Waals surface area contributed by atoms with Crippen molar-refractivity contribution in [3.63, 3.8) is 0 Å². The first-order chi connectivity index (χ1) is 13.9. The quantitative estimate of drug-likeness (QED) is 0.522. The number of hydrogen-bond donors (Lipinski definition) is 1. The van der Waals surface area contributed by atoms with Crippen molar-refractivity contribution in [1.82, 2.24) is 19.9 Å². The van der Waals surface area contributed by atoms with Gasteiger partial charge in [0.15, 0.2) is 17.2 Å². The largest absolute Gasteiger partial charge is 0.451 e. The second kappa shape index (κ2) is 7.43. The molecule has 0 radical (unpaired) electrons. The number of nitrogens with one attached hydrogen (secondary N) is 1. The first-order valence-electron chi connectivity index (χ1n) is 8.57. The number of para-hydroxylation sites is 1. The highest BCUT2D eigenvalue weighted by Crippen LogP contribution is 2.30. The van der Waals surface area contributed by atoms with Crippen LogP contribution in [0.15, 0.2) is 47.0 Å². The molecule has 1 aromatic carbocycles. The van der Waals surface area contributed by atoms with Gasteiger partial charge in [0.2, 0.25) is 0 Å². The van der Waals surface area contributed by atoms with E-state index in [1.54, 1.807) is 17.8 Å². The van der Waals surface area contributed by atoms with E-state index >= 15 is 0 Å². The third kappa shape index (κ3) is 3.67. The number of carbonyl (C=O) groups excluding carboxylic acids is 1. The van der Waals surface area contributed by atoms with Crippen molar-refractivity contribution < 1.29 is 22.4 Å². The van der Waals surface area contributed by atoms with Crippen LogP contribution in [0.5, 0.6) is 0 Å². The normalized spacial score (nSPS) is 12.0. The van der Waals surface area contributed by atoms with Crippen LogP contribution in [0.3, 0.4) is 0 Å². The molecule has 1 N–H and O–H groups in total. The zero-order chi connectivity index (χ0) is 20.6. The van der Waals surface area contributed by atoms with Gasteiger partial charge in [-0.2, -0.15) is 24.9 Å². The molecule has 0 aliphatic carbocycles. The van der Waals surface area contributed by atoms with Crippen LogP contribution in [0.1, 0.15) is 27.5 Å². The average molecular weight is 420 g/mol. The zero-order valence-corrected chi connectivity index (χ0v) is 16.0. The lowest BCUT2D eigenvalue weighted by molar-refractivity contribution is -0.137. The maximum atomic E-state index is 13.0. The van der Waals surface area contributed by atoms with Crippen molar-refractivity contribution in [3.05, 3.63) is 65.3 Å². The fourth-order valence-electron chi connectivity index (χ4n) is 3.04. The Balaban J connectivity index is 1.60. The molecule has 0 fully saturated rings. The van der Waals surface area contributed by atoms with Gasteiger partial charge in [-0.15, -0.1) is 10.2 Å². The van der Waals surface area contributed by atoms with Gasteiger partial charge in [-0.1, -0.05) is 18.2 Å². The van der Waals surface area contributed by atoms with E-state index in [4.69, 9.17) is 4.42 Å². The van der Waals surface area contributed by atoms with Crippen LogP contribution in [0.25, 0.3) is 16.6 Å². The summed E-state index contributed by atoms with van der Waals surface area (Å²) in [5.74, 6) is 0.490. The summed E-state index contributed by atoms with van der Waals surface area (Å²) in [6.45, 7) is -0.100. The number of amides is 1. The number of furan rings is 1. The predicted molar refractivity (Wildman–Crippen MR) is 103 cm³/mol. The van der Waals surface area contributed by atoms with Crippen molar-refractivity contribution in [2.45, 2.75) is 18.5 Å². The lowest BCUT2D eigenvalue weighted by atomic mass is 10.1. The summed E-state index contributed by atoms with van der Waals surface area (Å²) in [7, 11) is 0. The molecule has 29 heavy (non-hydrogen) atoms. The number of halogens is 3. The molecule has 1 amide bonds. The molecule has 4 aromatic rings. The van der Waals surface area contributed by atoms with E-state index in [0.29, 0.717) is 11.3 Å². The molecule has 6 nitrogen and oxygen atoms in total. The Morgan fingerprint density at radius 3 is 2.76 bits per heavy atom. The molecule has 3 heterocycles. The van der Waals surface area contributed by atoms with E-state index in [1.165, 1.54) is 10.5 Å². The third-order valence-corrected chi connectivity index (χ3v) is 4.98. The molecule has 0 saturated heterocycles. The van der Waals surface area contributed by atoms with Gasteiger partial charge in [-0.25, -0.2) is 0 Å². The molecule has 0 unspecified atom stereocenters. The fraction of sp³-hybridized carbons (Fsp3) is 0.211. The molecular weight excluding hydrogens is 405 g/mol. The Morgan fingerprint density at radius 2 is 2.00 bits per heavy atom. The summed E-state index contributed by atoms with van der Waals surface area (Å²) in [6, 6.07) is 9.51. The summed E-state index contributed by atoms with van der Waals surface area (Å²) >= 11 is 1.55. The Labute approximate surface area is 167 Å². The zero-order valence-electron chi connectivity index (χ0n) is 15.2. The summed E-state index contributed by atoms with van der Waals surface area (Å²) in [4.78, 5) is 12.7. The number of benzene rings is 1. The number of alkyl halides is 3. The molecule has 10 heteroatoms. The smallest absolute Gasteiger partial charge is 0.417 e. The summed E-state index contributed by atoms with van der Waals surface area (Å²) < 4.78 is 45.8. The number of nitrogens with zero attached hydrogens (tertiary/aromatic N) is 3. The summed E-state index contributed by atoms with van der Waals surface area (Å²) in [5.41, 5.74) is 0.812. The minimum Gasteiger partial charge on any atom is -0.451 e. The molecule has 0 saturated carbocycles. The van der Waals surface area contributed by atoms with E-state index in [9.17, 15) is 18.0 Å². The SMILES string of the molecule is CSCc1c(C(=O)NCc2nnc3ccc(C(F)(F)F)cn23)oc2ccccc12. The van der Waals surface area contributed by atoms with Crippen molar-refractivity contribution in [3.8, 4) is 0 Å². The van der Waals surface area contributed by atoms with Gasteiger partial charge < -0.3 is 9.73 Å². The van der Waals surface area contributed by atoms with Crippen molar-refractivity contribution in [2.24, 2.45) is 0 Å². The van der Waals surface area contributed by atoms with E-state index < -0.39 is 17.6 Å². The molecular formula is C19H15F3N4O2S. The van der Waals surface area contributed by atoms with Crippen LogP contribution in [-0.4, -0.2) is 26.8 Å². The molecule has 3 aromatic heterocycles. The van der Waals surface area contributed by atoms with Gasteiger partial charge in [0.1, 0.15) is 5.58 Å². The summed E-state index contributed by atoms with van der Waals surface area (Å²) in [5, 5.41) is 11.2. The summed E-state index contributed by atoms with van der Waals surface area (Å²) in [6.07, 6.45) is -1.65. The van der Waals surface area contributed by atoms with E-state index in [1.807, 2.05) is 24.5 Å². The first kappa shape index (κ1) is 19.3. The highest BCUT2D eigenvalue weighted by molar-refractivity contribution is 7.97. The molecule has 150 valence electrons. The Kier molecular flexibility index (Phi) is 4.95. The lowest BCUT2D eigenvalue weighted by Gasteiger charge is -2.08. The number of hydrogen-bond acceptors (Lipinski definition) is 5. The first-order valence-corrected chi connectivity index (χ1v) is 9.96. The van der Waals surface area contributed by atoms with Crippen LogP contribution >= 0.6 is 11.8 Å². The highest BCUT2D eigenvalue weighted by atomic mass is 32.2. The van der Waals surface area contributed by atoms with Crippen molar-refractivity contribution >= 4 is 34.3 Å². The maximum Gasteiger partial charge on any atom is 0.417 e. The third-order valence-electron chi connectivity index (χ3n) is 4.40. The number of thioether (sulfide) groups is 1. The van der Waals surface area contributed by atoms with Crippen molar-refractivity contribution in [2.75, 3.05) is 6.26 Å². The molecule has 0 bridgehead atoms. The van der Waals surface area contributed by atoms with Gasteiger partial charge in [-0.05, 0) is 24.5 Å². The maximum absolute atomic E-state index is 13.0. The Bertz CT molecular complexity index is 1200. The van der Waals surface area contributed by atoms with Crippen molar-refractivity contribution in [1.29, 1.82) is 0 Å². The lowest BCUT2D eigenvalue weighted by Crippen LogP contribution is -2.24. The van der Waals surface area contributed by atoms with E-state index in [2.05, 4.69) is 15.5 Å². The fourth-order valence-corrected chi connectivity index (χ4v) is 3.61. The van der Waals surface area contributed by atoms with Gasteiger partial charge in [0.25, 0.3) is 5.91 Å². The second-order valence-electron chi connectivity index (χ2n) is 6.28. The van der Waals surface area contributed by atoms with Crippen LogP contribution in [0.2, 0.25) is 0 Å².